The number of hydrogen-bond acceptors (Lipinski definition) is 17. The molecular weight excluding hydrogens is 914 g/mol. The van der Waals surface area contributed by atoms with Gasteiger partial charge in [-0.15, -0.1) is 10.2 Å². The summed E-state index contributed by atoms with van der Waals surface area (Å²) in [5.41, 5.74) is -0.771. The van der Waals surface area contributed by atoms with Crippen LogP contribution in [0, 0.1) is 0 Å². The Hall–Kier alpha value is -4.08. The third-order valence-electron chi connectivity index (χ3n) is 8.82. The predicted molar refractivity (Wildman–Crippen MR) is 213 cm³/mol. The predicted octanol–water partition coefficient (Wildman–Crippen LogP) is -1.23. The van der Waals surface area contributed by atoms with E-state index in [1.54, 1.807) is 12.1 Å². The summed E-state index contributed by atoms with van der Waals surface area (Å²) >= 11 is 0. The van der Waals surface area contributed by atoms with E-state index in [-0.39, 0.29) is 133 Å². The number of anilines is 2. The van der Waals surface area contributed by atoms with Crippen LogP contribution in [0.3, 0.4) is 0 Å². The molecule has 2 amide bonds. The number of rotatable bonds is 10. The SMILES string of the molecule is COc1cccc(N=Nc2c(S(=O)(=O)[O-])cc3cc(NC(=O)Nc4ccc5c(O)c(N=Nc6ccc7cc(S(=O)(=O)[O-])ccc7c6)c(S(=O)(=O)[O-])cc5c4)ccc3c2O)c1.[Na+].[Na+].[Na+]. The minimum absolute atomic E-state index is 0. The van der Waals surface area contributed by atoms with Crippen molar-refractivity contribution in [3.05, 3.63) is 109 Å². The largest absolute Gasteiger partial charge is 1.00 e. The number of carbonyl (C=O) groups excluding carboxylic acids is 1. The number of amides is 2. The summed E-state index contributed by atoms with van der Waals surface area (Å²) in [6, 6.07) is 23.1. The molecule has 0 heterocycles. The summed E-state index contributed by atoms with van der Waals surface area (Å²) in [6.45, 7) is 0. The van der Waals surface area contributed by atoms with Gasteiger partial charge in [0.1, 0.15) is 47.5 Å². The Morgan fingerprint density at radius 3 is 1.49 bits per heavy atom. The van der Waals surface area contributed by atoms with Crippen molar-refractivity contribution < 1.29 is 147 Å². The van der Waals surface area contributed by atoms with Crippen LogP contribution in [0.4, 0.5) is 38.9 Å². The maximum Gasteiger partial charge on any atom is 1.00 e. The van der Waals surface area contributed by atoms with E-state index in [2.05, 4.69) is 31.1 Å². The number of ether oxygens (including phenoxy) is 1. The first kappa shape index (κ1) is 51.6. The number of phenols is 2. The molecule has 0 aliphatic rings. The average molecular weight is 939 g/mol. The van der Waals surface area contributed by atoms with Crippen molar-refractivity contribution in [1.29, 1.82) is 0 Å². The van der Waals surface area contributed by atoms with E-state index >= 15 is 0 Å². The second-order valence-corrected chi connectivity index (χ2v) is 16.8. The summed E-state index contributed by atoms with van der Waals surface area (Å²) in [4.78, 5) is 10.8. The van der Waals surface area contributed by atoms with Crippen molar-refractivity contribution in [2.24, 2.45) is 20.5 Å². The number of hydrogen-bond donors (Lipinski definition) is 4. The topological polar surface area (TPSA) is 312 Å². The molecule has 19 nitrogen and oxygen atoms in total. The second kappa shape index (κ2) is 20.4. The summed E-state index contributed by atoms with van der Waals surface area (Å²) in [5, 5.41) is 43.6. The molecule has 7 rings (SSSR count). The van der Waals surface area contributed by atoms with Crippen LogP contribution in [0.1, 0.15) is 0 Å². The number of aromatic hydroxyl groups is 2. The fourth-order valence-electron chi connectivity index (χ4n) is 6.04. The van der Waals surface area contributed by atoms with Gasteiger partial charge < -0.3 is 39.2 Å². The van der Waals surface area contributed by atoms with Gasteiger partial charge in [0.15, 0.2) is 11.5 Å². The minimum Gasteiger partial charge on any atom is -0.744 e. The Morgan fingerprint density at radius 2 is 1.02 bits per heavy atom. The van der Waals surface area contributed by atoms with Gasteiger partial charge in [-0.1, -0.05) is 18.2 Å². The van der Waals surface area contributed by atoms with Crippen LogP contribution < -0.4 is 104 Å². The van der Waals surface area contributed by atoms with Crippen molar-refractivity contribution in [3.8, 4) is 17.2 Å². The number of fused-ring (bicyclic) bond motifs is 3. The number of methoxy groups -OCH3 is 1. The normalized spacial score (nSPS) is 11.9. The van der Waals surface area contributed by atoms with Crippen LogP contribution in [-0.4, -0.2) is 62.3 Å². The third kappa shape index (κ3) is 11.8. The first-order valence-corrected chi connectivity index (χ1v) is 21.1. The van der Waals surface area contributed by atoms with E-state index in [9.17, 15) is 53.9 Å². The fraction of sp³-hybridized carbons (Fsp3) is 0.0263. The molecule has 0 bridgehead atoms. The Bertz CT molecular complexity index is 3360. The van der Waals surface area contributed by atoms with Crippen molar-refractivity contribution in [2.75, 3.05) is 17.7 Å². The molecule has 0 fully saturated rings. The minimum atomic E-state index is -5.28. The van der Waals surface area contributed by atoms with E-state index in [4.69, 9.17) is 4.74 Å². The van der Waals surface area contributed by atoms with Crippen molar-refractivity contribution in [2.45, 2.75) is 14.7 Å². The summed E-state index contributed by atoms with van der Waals surface area (Å²) < 4.78 is 113. The summed E-state index contributed by atoms with van der Waals surface area (Å²) in [7, 11) is -13.8. The molecule has 0 unspecified atom stereocenters. The molecule has 306 valence electrons. The van der Waals surface area contributed by atoms with Gasteiger partial charge in [-0.05, 0) is 106 Å². The quantitative estimate of drug-likeness (QED) is 0.0710. The first-order valence-electron chi connectivity index (χ1n) is 16.8. The molecule has 0 spiro atoms. The zero-order valence-electron chi connectivity index (χ0n) is 33.3. The van der Waals surface area contributed by atoms with Crippen LogP contribution in [0.2, 0.25) is 0 Å². The van der Waals surface area contributed by atoms with E-state index in [0.717, 1.165) is 24.3 Å². The maximum absolute atomic E-state index is 13.1. The van der Waals surface area contributed by atoms with Crippen LogP contribution in [0.25, 0.3) is 32.3 Å². The molecule has 0 saturated carbocycles. The summed E-state index contributed by atoms with van der Waals surface area (Å²) in [6.07, 6.45) is 0. The third-order valence-corrected chi connectivity index (χ3v) is 11.4. The Kier molecular flexibility index (Phi) is 16.7. The zero-order chi connectivity index (χ0) is 43.1. The molecule has 0 aliphatic carbocycles. The van der Waals surface area contributed by atoms with Crippen molar-refractivity contribution in [1.82, 2.24) is 0 Å². The molecule has 63 heavy (non-hydrogen) atoms. The number of azo groups is 2. The number of nitrogens with zero attached hydrogens (tertiary/aromatic N) is 4. The fourth-order valence-corrected chi connectivity index (χ4v) is 7.84. The van der Waals surface area contributed by atoms with Crippen LogP contribution in [0.5, 0.6) is 17.2 Å². The van der Waals surface area contributed by atoms with Gasteiger partial charge in [0.25, 0.3) is 0 Å². The Labute approximate surface area is 424 Å². The van der Waals surface area contributed by atoms with Gasteiger partial charge in [-0.25, -0.2) is 30.0 Å². The number of nitrogens with one attached hydrogen (secondary N) is 2. The van der Waals surface area contributed by atoms with Crippen LogP contribution in [-0.2, 0) is 30.4 Å². The number of phenolic OH excluding ortho intramolecular Hbond substituents is 2. The van der Waals surface area contributed by atoms with E-state index in [1.807, 2.05) is 0 Å². The molecule has 25 heteroatoms. The van der Waals surface area contributed by atoms with Crippen molar-refractivity contribution >= 4 is 103 Å². The smallest absolute Gasteiger partial charge is 0.744 e. The van der Waals surface area contributed by atoms with Gasteiger partial charge in [-0.3, -0.25) is 0 Å². The molecule has 0 atom stereocenters. The second-order valence-electron chi connectivity index (χ2n) is 12.8. The van der Waals surface area contributed by atoms with Crippen LogP contribution >= 0.6 is 0 Å². The molecule has 7 aromatic rings. The number of urea groups is 1. The molecule has 7 aromatic carbocycles. The standard InChI is InChI=1S/C38H28N6O13S3.3Na/c1-57-28-4-2-3-26(19-28)41-43-34-32(59(51,52)53)17-22-14-24(8-11-30(22)36(34)45)39-38(47)40-25-9-12-31-23(15-25)18-33(60(54,55)56)35(37(31)46)44-42-27-7-5-21-16-29(58(48,49)50)10-6-20(21)13-27;;;/h2-19,45-46H,1H3,(H2,39,40,47)(H,48,49,50)(H,51,52,53)(H,54,55,56);;;/q;3*+1/p-3. The van der Waals surface area contributed by atoms with Crippen LogP contribution in [0.15, 0.2) is 144 Å². The Balaban J connectivity index is 0.00000290. The Morgan fingerprint density at radius 1 is 0.540 bits per heavy atom. The van der Waals surface area contributed by atoms with Gasteiger partial charge in [0, 0.05) is 28.2 Å². The van der Waals surface area contributed by atoms with Crippen molar-refractivity contribution in [3.63, 3.8) is 0 Å². The van der Waals surface area contributed by atoms with Gasteiger partial charge in [-0.2, -0.15) is 10.2 Å². The molecule has 0 radical (unpaired) electrons. The molecule has 0 saturated heterocycles. The van der Waals surface area contributed by atoms with Gasteiger partial charge in [0.2, 0.25) is 0 Å². The molecule has 0 aliphatic heterocycles. The van der Waals surface area contributed by atoms with E-state index in [0.29, 0.717) is 16.5 Å². The van der Waals surface area contributed by atoms with Gasteiger partial charge in [0.05, 0.1) is 33.2 Å². The average Bonchev–Trinajstić information content (AvgIpc) is 3.18. The molecule has 4 N–H and O–H groups in total. The number of carbonyl (C=O) groups is 1. The molecular formula is C38H25N6Na3O13S3. The van der Waals surface area contributed by atoms with E-state index < -0.39 is 73.9 Å². The van der Waals surface area contributed by atoms with Gasteiger partial charge >= 0.3 is 94.7 Å². The summed E-state index contributed by atoms with van der Waals surface area (Å²) in [5.74, 6) is -0.965. The maximum atomic E-state index is 13.1. The number of benzene rings is 7. The zero-order valence-corrected chi connectivity index (χ0v) is 41.7. The monoisotopic (exact) mass is 938 g/mol. The first-order chi connectivity index (χ1) is 28.3. The molecule has 0 aromatic heterocycles. The van der Waals surface area contributed by atoms with E-state index in [1.165, 1.54) is 79.9 Å².